The highest BCUT2D eigenvalue weighted by atomic mass is 16.6. The largest absolute Gasteiger partial charge is 0.480 e. The summed E-state index contributed by atoms with van der Waals surface area (Å²) in [4.78, 5) is 35.0. The highest BCUT2D eigenvalue weighted by Gasteiger charge is 2.47. The van der Waals surface area contributed by atoms with Gasteiger partial charge >= 0.3 is 6.09 Å². The number of ether oxygens (including phenoxy) is 3. The number of carbonyl (C=O) groups excluding carboxylic acids is 2. The number of hydrogen-bond donors (Lipinski definition) is 0. The molecule has 0 unspecified atom stereocenters. The van der Waals surface area contributed by atoms with Crippen LogP contribution < -0.4 is 4.74 Å². The zero-order chi connectivity index (χ0) is 20.9. The Bertz CT molecular complexity index is 721. The molecule has 0 bridgehead atoms. The Kier molecular flexibility index (Phi) is 6.92. The van der Waals surface area contributed by atoms with E-state index in [1.54, 1.807) is 35.2 Å². The second-order valence-electron chi connectivity index (χ2n) is 7.62. The second-order valence-corrected chi connectivity index (χ2v) is 7.62. The summed E-state index contributed by atoms with van der Waals surface area (Å²) in [5.74, 6) is 0.222. The van der Waals surface area contributed by atoms with Crippen LogP contribution in [0.1, 0.15) is 23.2 Å². The molecule has 0 radical (unpaired) electrons. The summed E-state index contributed by atoms with van der Waals surface area (Å²) in [7, 11) is 5.19. The molecule has 2 aliphatic rings. The quantitative estimate of drug-likeness (QED) is 0.639. The molecule has 9 heteroatoms. The van der Waals surface area contributed by atoms with Crippen LogP contribution >= 0.6 is 0 Å². The summed E-state index contributed by atoms with van der Waals surface area (Å²) in [6.07, 6.45) is 2.59. The molecule has 2 amide bonds. The maximum Gasteiger partial charge on any atom is 0.410 e. The molecule has 3 heterocycles. The minimum atomic E-state index is -0.502. The average Bonchev–Trinajstić information content (AvgIpc) is 3.05. The summed E-state index contributed by atoms with van der Waals surface area (Å²) in [6.45, 7) is 4.51. The van der Waals surface area contributed by atoms with Crippen LogP contribution in [0.25, 0.3) is 0 Å². The number of likely N-dealkylation sites (N-methyl/N-ethyl adjacent to an activating group) is 1. The first kappa shape index (κ1) is 21.3. The van der Waals surface area contributed by atoms with E-state index >= 15 is 0 Å². The van der Waals surface area contributed by atoms with Gasteiger partial charge in [0.05, 0.1) is 20.3 Å². The zero-order valence-corrected chi connectivity index (χ0v) is 17.4. The number of piperidine rings is 1. The van der Waals surface area contributed by atoms with E-state index in [0.717, 1.165) is 13.1 Å². The van der Waals surface area contributed by atoms with Gasteiger partial charge in [0.1, 0.15) is 11.2 Å². The van der Waals surface area contributed by atoms with Gasteiger partial charge in [-0.15, -0.1) is 0 Å². The molecule has 1 aromatic rings. The van der Waals surface area contributed by atoms with Gasteiger partial charge in [-0.05, 0) is 19.2 Å². The van der Waals surface area contributed by atoms with Crippen LogP contribution in [0, 0.1) is 0 Å². The SMILES string of the molecule is COCCN(C)CCN1CC2(CCN(C(=O)c3cccnc3OC)CC2)OC1=O. The van der Waals surface area contributed by atoms with Crippen LogP contribution in [0.4, 0.5) is 4.79 Å². The number of rotatable bonds is 8. The Labute approximate surface area is 171 Å². The minimum Gasteiger partial charge on any atom is -0.480 e. The molecule has 1 spiro atoms. The average molecular weight is 406 g/mol. The van der Waals surface area contributed by atoms with Crippen molar-refractivity contribution in [2.45, 2.75) is 18.4 Å². The summed E-state index contributed by atoms with van der Waals surface area (Å²) in [5, 5.41) is 0. The molecule has 29 heavy (non-hydrogen) atoms. The Morgan fingerprint density at radius 1 is 1.31 bits per heavy atom. The first-order chi connectivity index (χ1) is 14.0. The van der Waals surface area contributed by atoms with Gasteiger partial charge in [0.2, 0.25) is 5.88 Å². The number of likely N-dealkylation sites (tertiary alicyclic amines) is 1. The van der Waals surface area contributed by atoms with Crippen LogP contribution in [-0.2, 0) is 9.47 Å². The first-order valence-electron chi connectivity index (χ1n) is 9.92. The lowest BCUT2D eigenvalue weighted by atomic mass is 9.91. The molecule has 1 aromatic heterocycles. The molecule has 0 aromatic carbocycles. The van der Waals surface area contributed by atoms with Gasteiger partial charge in [-0.3, -0.25) is 4.79 Å². The van der Waals surface area contributed by atoms with E-state index in [4.69, 9.17) is 14.2 Å². The molecule has 160 valence electrons. The Morgan fingerprint density at radius 3 is 2.76 bits per heavy atom. The summed E-state index contributed by atoms with van der Waals surface area (Å²) in [5.41, 5.74) is -0.0482. The van der Waals surface area contributed by atoms with Crippen molar-refractivity contribution >= 4 is 12.0 Å². The van der Waals surface area contributed by atoms with Gasteiger partial charge < -0.3 is 28.9 Å². The van der Waals surface area contributed by atoms with Crippen molar-refractivity contribution in [2.75, 3.05) is 67.1 Å². The van der Waals surface area contributed by atoms with Gasteiger partial charge in [-0.1, -0.05) is 0 Å². The molecular weight excluding hydrogens is 376 g/mol. The smallest absolute Gasteiger partial charge is 0.410 e. The molecule has 2 fully saturated rings. The Hall–Kier alpha value is -2.39. The third-order valence-corrected chi connectivity index (χ3v) is 5.63. The second kappa shape index (κ2) is 9.41. The molecule has 2 aliphatic heterocycles. The molecule has 0 N–H and O–H groups in total. The van der Waals surface area contributed by atoms with E-state index in [1.165, 1.54) is 7.11 Å². The van der Waals surface area contributed by atoms with E-state index in [0.29, 0.717) is 57.1 Å². The summed E-state index contributed by atoms with van der Waals surface area (Å²) < 4.78 is 16.0. The fraction of sp³-hybridized carbons (Fsp3) is 0.650. The molecule has 0 saturated carbocycles. The number of pyridine rings is 1. The lowest BCUT2D eigenvalue weighted by molar-refractivity contribution is 0.00304. The third-order valence-electron chi connectivity index (χ3n) is 5.63. The van der Waals surface area contributed by atoms with Gasteiger partial charge in [0, 0.05) is 58.9 Å². The van der Waals surface area contributed by atoms with Crippen molar-refractivity contribution in [3.05, 3.63) is 23.9 Å². The molecular formula is C20H30N4O5. The standard InChI is InChI=1S/C20H30N4O5/c1-22(13-14-27-2)11-12-24-15-20(29-19(24)26)6-9-23(10-7-20)18(25)16-5-4-8-21-17(16)28-3/h4-5,8H,6-7,9-15H2,1-3H3. The monoisotopic (exact) mass is 406 g/mol. The number of carbonyl (C=O) groups is 2. The topological polar surface area (TPSA) is 84.4 Å². The lowest BCUT2D eigenvalue weighted by Crippen LogP contribution is -2.49. The van der Waals surface area contributed by atoms with Crippen molar-refractivity contribution in [2.24, 2.45) is 0 Å². The summed E-state index contributed by atoms with van der Waals surface area (Å²) >= 11 is 0. The minimum absolute atomic E-state index is 0.106. The zero-order valence-electron chi connectivity index (χ0n) is 17.4. The first-order valence-corrected chi connectivity index (χ1v) is 9.92. The van der Waals surface area contributed by atoms with Crippen LogP contribution in [-0.4, -0.2) is 104 Å². The fourth-order valence-electron chi connectivity index (χ4n) is 3.78. The van der Waals surface area contributed by atoms with Crippen molar-refractivity contribution < 1.29 is 23.8 Å². The van der Waals surface area contributed by atoms with E-state index in [2.05, 4.69) is 9.88 Å². The van der Waals surface area contributed by atoms with Gasteiger partial charge in [-0.25, -0.2) is 9.78 Å². The predicted molar refractivity (Wildman–Crippen MR) is 106 cm³/mol. The highest BCUT2D eigenvalue weighted by molar-refractivity contribution is 5.96. The number of nitrogens with zero attached hydrogens (tertiary/aromatic N) is 4. The van der Waals surface area contributed by atoms with E-state index in [-0.39, 0.29) is 12.0 Å². The van der Waals surface area contributed by atoms with Crippen molar-refractivity contribution in [1.82, 2.24) is 19.7 Å². The molecule has 2 saturated heterocycles. The molecule has 0 aliphatic carbocycles. The number of aromatic nitrogens is 1. The maximum atomic E-state index is 12.8. The fourth-order valence-corrected chi connectivity index (χ4v) is 3.78. The normalized spacial score (nSPS) is 18.4. The summed E-state index contributed by atoms with van der Waals surface area (Å²) in [6, 6.07) is 3.44. The number of hydrogen-bond acceptors (Lipinski definition) is 7. The van der Waals surface area contributed by atoms with Crippen molar-refractivity contribution in [3.8, 4) is 5.88 Å². The Morgan fingerprint density at radius 2 is 2.07 bits per heavy atom. The molecule has 9 nitrogen and oxygen atoms in total. The van der Waals surface area contributed by atoms with E-state index in [9.17, 15) is 9.59 Å². The highest BCUT2D eigenvalue weighted by Crippen LogP contribution is 2.34. The van der Waals surface area contributed by atoms with Crippen LogP contribution in [0.15, 0.2) is 18.3 Å². The van der Waals surface area contributed by atoms with Crippen LogP contribution in [0.5, 0.6) is 5.88 Å². The van der Waals surface area contributed by atoms with Gasteiger partial charge in [-0.2, -0.15) is 0 Å². The number of amides is 2. The molecule has 3 rings (SSSR count). The molecule has 0 atom stereocenters. The van der Waals surface area contributed by atoms with E-state index in [1.807, 2.05) is 7.05 Å². The van der Waals surface area contributed by atoms with Crippen molar-refractivity contribution in [1.29, 1.82) is 0 Å². The van der Waals surface area contributed by atoms with E-state index < -0.39 is 5.60 Å². The maximum absolute atomic E-state index is 12.8. The van der Waals surface area contributed by atoms with Crippen LogP contribution in [0.2, 0.25) is 0 Å². The van der Waals surface area contributed by atoms with Gasteiger partial charge in [0.15, 0.2) is 0 Å². The number of methoxy groups -OCH3 is 2. The lowest BCUT2D eigenvalue weighted by Gasteiger charge is -2.37. The Balaban J connectivity index is 1.53. The third kappa shape index (κ3) is 4.97. The van der Waals surface area contributed by atoms with Crippen LogP contribution in [0.3, 0.4) is 0 Å². The van der Waals surface area contributed by atoms with Gasteiger partial charge in [0.25, 0.3) is 5.91 Å². The van der Waals surface area contributed by atoms with Crippen molar-refractivity contribution in [3.63, 3.8) is 0 Å². The predicted octanol–water partition coefficient (Wildman–Crippen LogP) is 1.10.